The van der Waals surface area contributed by atoms with Crippen molar-refractivity contribution in [1.82, 2.24) is 0 Å². The molecule has 1 aliphatic rings. The van der Waals surface area contributed by atoms with Crippen LogP contribution in [0.25, 0.3) is 6.08 Å². The zero-order chi connectivity index (χ0) is 20.8. The summed E-state index contributed by atoms with van der Waals surface area (Å²) in [5.41, 5.74) is 1.01. The van der Waals surface area contributed by atoms with Gasteiger partial charge in [-0.1, -0.05) is 12.1 Å². The van der Waals surface area contributed by atoms with E-state index in [2.05, 4.69) is 5.32 Å². The Hall–Kier alpha value is -3.66. The van der Waals surface area contributed by atoms with Crippen molar-refractivity contribution in [2.24, 2.45) is 0 Å². The van der Waals surface area contributed by atoms with Crippen LogP contribution in [0, 0.1) is 11.3 Å². The number of rotatable bonds is 6. The molecular formula is C22H22N2O5. The maximum Gasteiger partial charge on any atom is 0.266 e. The smallest absolute Gasteiger partial charge is 0.266 e. The molecule has 2 aromatic carbocycles. The van der Waals surface area contributed by atoms with Gasteiger partial charge >= 0.3 is 0 Å². The van der Waals surface area contributed by atoms with Crippen molar-refractivity contribution in [1.29, 1.82) is 5.26 Å². The van der Waals surface area contributed by atoms with Gasteiger partial charge in [-0.15, -0.1) is 0 Å². The van der Waals surface area contributed by atoms with E-state index in [-0.39, 0.29) is 11.7 Å². The van der Waals surface area contributed by atoms with Gasteiger partial charge in [-0.05, 0) is 38.1 Å². The molecule has 7 nitrogen and oxygen atoms in total. The first-order chi connectivity index (χ1) is 14.0. The number of benzene rings is 2. The van der Waals surface area contributed by atoms with Crippen LogP contribution in [0.4, 0.5) is 5.69 Å². The Morgan fingerprint density at radius 1 is 1.21 bits per heavy atom. The molecule has 1 heterocycles. The largest absolute Gasteiger partial charge is 0.493 e. The van der Waals surface area contributed by atoms with Crippen LogP contribution in [0.5, 0.6) is 23.0 Å². The number of fused-ring (bicyclic) bond motifs is 1. The number of amides is 1. The fraction of sp³-hybridized carbons (Fsp3) is 0.273. The van der Waals surface area contributed by atoms with Crippen LogP contribution >= 0.6 is 0 Å². The predicted molar refractivity (Wildman–Crippen MR) is 108 cm³/mol. The number of hydrogen-bond acceptors (Lipinski definition) is 6. The maximum absolute atomic E-state index is 12.7. The van der Waals surface area contributed by atoms with Gasteiger partial charge in [0.25, 0.3) is 5.91 Å². The average molecular weight is 394 g/mol. The van der Waals surface area contributed by atoms with Gasteiger partial charge in [0.2, 0.25) is 0 Å². The van der Waals surface area contributed by atoms with E-state index in [1.807, 2.05) is 19.9 Å². The van der Waals surface area contributed by atoms with Crippen LogP contribution in [-0.4, -0.2) is 32.3 Å². The summed E-state index contributed by atoms with van der Waals surface area (Å²) in [6, 6.07) is 12.3. The van der Waals surface area contributed by atoms with Crippen molar-refractivity contribution in [3.05, 3.63) is 47.5 Å². The van der Waals surface area contributed by atoms with Gasteiger partial charge in [0.15, 0.2) is 23.0 Å². The molecule has 3 rings (SSSR count). The summed E-state index contributed by atoms with van der Waals surface area (Å²) < 4.78 is 22.2. The van der Waals surface area contributed by atoms with E-state index in [4.69, 9.17) is 18.9 Å². The molecule has 2 aromatic rings. The summed E-state index contributed by atoms with van der Waals surface area (Å²) >= 11 is 0. The molecule has 0 aromatic heterocycles. The van der Waals surface area contributed by atoms with E-state index in [0.717, 1.165) is 0 Å². The molecule has 7 heteroatoms. The van der Waals surface area contributed by atoms with Crippen LogP contribution in [0.15, 0.2) is 42.0 Å². The number of hydrogen-bond donors (Lipinski definition) is 1. The summed E-state index contributed by atoms with van der Waals surface area (Å²) in [6.07, 6.45) is 1.38. The third kappa shape index (κ3) is 4.79. The minimum absolute atomic E-state index is 0.0678. The molecule has 0 unspecified atom stereocenters. The number of nitrogens with one attached hydrogen (secondary N) is 1. The Kier molecular flexibility index (Phi) is 6.25. The minimum Gasteiger partial charge on any atom is -0.493 e. The summed E-state index contributed by atoms with van der Waals surface area (Å²) in [6.45, 7) is 4.71. The molecule has 1 amide bonds. The number of nitrogens with zero attached hydrogens (tertiary/aromatic N) is 1. The second-order valence-electron chi connectivity index (χ2n) is 6.53. The zero-order valence-corrected chi connectivity index (χ0v) is 16.5. The lowest BCUT2D eigenvalue weighted by molar-refractivity contribution is -0.112. The monoisotopic (exact) mass is 394 g/mol. The third-order valence-electron chi connectivity index (χ3n) is 4.05. The molecule has 0 bridgehead atoms. The van der Waals surface area contributed by atoms with Gasteiger partial charge in [0.05, 0.1) is 13.2 Å². The first-order valence-corrected chi connectivity index (χ1v) is 9.18. The quantitative estimate of drug-likeness (QED) is 0.592. The van der Waals surface area contributed by atoms with Gasteiger partial charge in [-0.25, -0.2) is 0 Å². The third-order valence-corrected chi connectivity index (χ3v) is 4.05. The molecule has 0 radical (unpaired) electrons. The van der Waals surface area contributed by atoms with E-state index in [1.165, 1.54) is 13.2 Å². The molecule has 0 saturated carbocycles. The van der Waals surface area contributed by atoms with Crippen molar-refractivity contribution in [2.75, 3.05) is 25.6 Å². The molecule has 1 N–H and O–H groups in total. The van der Waals surface area contributed by atoms with Gasteiger partial charge in [-0.3, -0.25) is 4.79 Å². The molecule has 0 atom stereocenters. The van der Waals surface area contributed by atoms with E-state index < -0.39 is 5.91 Å². The van der Waals surface area contributed by atoms with Crippen molar-refractivity contribution in [3.63, 3.8) is 0 Å². The molecule has 0 spiro atoms. The van der Waals surface area contributed by atoms with Crippen LogP contribution < -0.4 is 24.3 Å². The molecule has 29 heavy (non-hydrogen) atoms. The standard InChI is InChI=1S/C22H22N2O5/c1-14(2)29-21-15(5-4-6-19(21)26-3)11-16(13-23)22(25)24-17-7-8-18-20(12-17)28-10-9-27-18/h4-8,11-12,14H,9-10H2,1-3H3,(H,24,25)/b16-11+. The highest BCUT2D eigenvalue weighted by Gasteiger charge is 2.17. The number of carbonyl (C=O) groups excluding carboxylic acids is 1. The fourth-order valence-electron chi connectivity index (χ4n) is 2.79. The Morgan fingerprint density at radius 2 is 1.97 bits per heavy atom. The number of para-hydroxylation sites is 1. The number of anilines is 1. The van der Waals surface area contributed by atoms with Gasteiger partial charge in [0.1, 0.15) is 24.9 Å². The highest BCUT2D eigenvalue weighted by atomic mass is 16.6. The Labute approximate surface area is 169 Å². The number of ether oxygens (including phenoxy) is 4. The minimum atomic E-state index is -0.539. The zero-order valence-electron chi connectivity index (χ0n) is 16.5. The average Bonchev–Trinajstić information content (AvgIpc) is 2.72. The predicted octanol–water partition coefficient (Wildman–Crippen LogP) is 3.80. The molecule has 0 fully saturated rings. The second kappa shape index (κ2) is 9.02. The summed E-state index contributed by atoms with van der Waals surface area (Å²) in [7, 11) is 1.54. The Morgan fingerprint density at radius 3 is 2.66 bits per heavy atom. The van der Waals surface area contributed by atoms with Crippen LogP contribution in [0.3, 0.4) is 0 Å². The van der Waals surface area contributed by atoms with E-state index >= 15 is 0 Å². The second-order valence-corrected chi connectivity index (χ2v) is 6.53. The summed E-state index contributed by atoms with van der Waals surface area (Å²) in [5.74, 6) is 1.64. The van der Waals surface area contributed by atoms with Crippen molar-refractivity contribution >= 4 is 17.7 Å². The summed E-state index contributed by atoms with van der Waals surface area (Å²) in [4.78, 5) is 12.7. The van der Waals surface area contributed by atoms with Crippen LogP contribution in [0.1, 0.15) is 19.4 Å². The van der Waals surface area contributed by atoms with Crippen molar-refractivity contribution < 1.29 is 23.7 Å². The number of carbonyl (C=O) groups is 1. The molecular weight excluding hydrogens is 372 g/mol. The lowest BCUT2D eigenvalue weighted by Crippen LogP contribution is -2.17. The molecule has 1 aliphatic heterocycles. The van der Waals surface area contributed by atoms with Gasteiger partial charge < -0.3 is 24.3 Å². The van der Waals surface area contributed by atoms with Crippen molar-refractivity contribution in [2.45, 2.75) is 20.0 Å². The molecule has 150 valence electrons. The first kappa shape index (κ1) is 20.1. The van der Waals surface area contributed by atoms with E-state index in [9.17, 15) is 10.1 Å². The topological polar surface area (TPSA) is 89.8 Å². The highest BCUT2D eigenvalue weighted by Crippen LogP contribution is 2.34. The first-order valence-electron chi connectivity index (χ1n) is 9.18. The highest BCUT2D eigenvalue weighted by molar-refractivity contribution is 6.10. The van der Waals surface area contributed by atoms with Crippen LogP contribution in [0.2, 0.25) is 0 Å². The Bertz CT molecular complexity index is 976. The fourth-order valence-corrected chi connectivity index (χ4v) is 2.79. The summed E-state index contributed by atoms with van der Waals surface area (Å²) in [5, 5.41) is 12.2. The van der Waals surface area contributed by atoms with Crippen LogP contribution in [-0.2, 0) is 4.79 Å². The van der Waals surface area contributed by atoms with E-state index in [1.54, 1.807) is 36.4 Å². The Balaban J connectivity index is 1.87. The lowest BCUT2D eigenvalue weighted by atomic mass is 10.1. The molecule has 0 saturated heterocycles. The van der Waals surface area contributed by atoms with Crippen molar-refractivity contribution in [3.8, 4) is 29.1 Å². The van der Waals surface area contributed by atoms with Gasteiger partial charge in [-0.2, -0.15) is 5.26 Å². The maximum atomic E-state index is 12.7. The van der Waals surface area contributed by atoms with Gasteiger partial charge in [0, 0.05) is 17.3 Å². The number of nitriles is 1. The number of methoxy groups -OCH3 is 1. The molecule has 0 aliphatic carbocycles. The normalized spacial score (nSPS) is 12.9. The lowest BCUT2D eigenvalue weighted by Gasteiger charge is -2.19. The van der Waals surface area contributed by atoms with E-state index in [0.29, 0.717) is 47.5 Å². The SMILES string of the molecule is COc1cccc(/C=C(\C#N)C(=O)Nc2ccc3c(c2)OCCO3)c1OC(C)C.